The molecule has 20 rings (SSSR count). The first-order valence-electron chi connectivity index (χ1n) is 47.5. The number of aromatic hydroxyl groups is 3. The quantitative estimate of drug-likeness (QED) is 0.0351. The number of halogens is 3. The van der Waals surface area contributed by atoms with Crippen molar-refractivity contribution in [2.75, 3.05) is 51.7 Å². The number of fused-ring (bicyclic) bond motifs is 2. The first-order valence-corrected chi connectivity index (χ1v) is 48.6. The van der Waals surface area contributed by atoms with Gasteiger partial charge in [0.1, 0.15) is 87.4 Å². The van der Waals surface area contributed by atoms with Crippen molar-refractivity contribution in [3.63, 3.8) is 0 Å². The van der Waals surface area contributed by atoms with Gasteiger partial charge in [-0.2, -0.15) is 10.5 Å². The average molecular weight is 1960 g/mol. The zero-order chi connectivity index (χ0) is 99.8. The second-order valence-corrected chi connectivity index (χ2v) is 36.4. The fourth-order valence-electron chi connectivity index (χ4n) is 19.1. The lowest BCUT2D eigenvalue weighted by atomic mass is 9.79. The molecular weight excluding hydrogens is 1840 g/mol. The highest BCUT2D eigenvalue weighted by Gasteiger charge is 2.44. The number of ether oxygens (including phenoxy) is 6. The molecule has 0 spiro atoms. The van der Waals surface area contributed by atoms with Crippen molar-refractivity contribution in [3.05, 3.63) is 406 Å². The summed E-state index contributed by atoms with van der Waals surface area (Å²) in [4.78, 5) is 47.7. The minimum atomic E-state index is -0.595. The normalized spacial score (nSPS) is 18.7. The summed E-state index contributed by atoms with van der Waals surface area (Å²) in [6.45, 7) is 9.10. The fourth-order valence-corrected chi connectivity index (χ4v) is 19.9. The number of unbranched alkanes of at least 4 members (excludes halogenated alkanes) is 1. The van der Waals surface area contributed by atoms with Gasteiger partial charge in [-0.15, -0.1) is 0 Å². The zero-order valence-electron chi connectivity index (χ0n) is 80.2. The lowest BCUT2D eigenvalue weighted by Crippen LogP contribution is -2.38. The third-order valence-corrected chi connectivity index (χ3v) is 27.1. The molecule has 8 aliphatic rings. The smallest absolute Gasteiger partial charge is 0.227 e. The number of hydrogen-bond donors (Lipinski definition) is 8. The van der Waals surface area contributed by atoms with Gasteiger partial charge in [0.25, 0.3) is 0 Å². The van der Waals surface area contributed by atoms with Gasteiger partial charge in [-0.3, -0.25) is 45.1 Å². The Bertz CT molecular complexity index is 7160. The molecule has 1 aliphatic carbocycles. The predicted octanol–water partition coefficient (Wildman–Crippen LogP) is 24.6. The molecule has 12 aromatic carbocycles. The Kier molecular flexibility index (Phi) is 32.2. The van der Waals surface area contributed by atoms with E-state index in [1.165, 1.54) is 17.2 Å². The number of nitrogens with one attached hydrogen (secondary N) is 3. The number of benzene rings is 12. The van der Waals surface area contributed by atoms with Crippen molar-refractivity contribution in [3.8, 4) is 52.4 Å². The molecule has 0 fully saturated rings. The van der Waals surface area contributed by atoms with E-state index in [0.717, 1.165) is 175 Å². The van der Waals surface area contributed by atoms with Crippen LogP contribution >= 0.6 is 34.8 Å². The van der Waals surface area contributed by atoms with Gasteiger partial charge < -0.3 is 60.5 Å². The minimum Gasteiger partial charge on any atom is -0.508 e. The summed E-state index contributed by atoms with van der Waals surface area (Å²) >= 11 is 18.8. The number of para-hydroxylation sites is 5. The number of amides is 1. The Labute approximate surface area is 842 Å². The van der Waals surface area contributed by atoms with Crippen LogP contribution in [0.3, 0.4) is 0 Å². The Morgan fingerprint density at radius 2 is 1.08 bits per heavy atom. The second kappa shape index (κ2) is 45.8. The first-order chi connectivity index (χ1) is 69.1. The Morgan fingerprint density at radius 3 is 1.71 bits per heavy atom. The van der Waals surface area contributed by atoms with Crippen LogP contribution in [-0.4, -0.2) is 91.4 Å². The van der Waals surface area contributed by atoms with Gasteiger partial charge in [0.2, 0.25) is 17.7 Å². The third-order valence-electron chi connectivity index (χ3n) is 26.3. The maximum absolute atomic E-state index is 13.5. The predicted molar refractivity (Wildman–Crippen MR) is 561 cm³/mol. The monoisotopic (exact) mass is 1950 g/mol. The number of nitrogens with zero attached hydrogens (tertiary/aromatic N) is 7. The molecule has 0 saturated heterocycles. The van der Waals surface area contributed by atoms with Crippen molar-refractivity contribution in [1.29, 1.82) is 10.5 Å². The molecule has 7 aliphatic heterocycles. The van der Waals surface area contributed by atoms with E-state index < -0.39 is 17.9 Å². The van der Waals surface area contributed by atoms with E-state index in [0.29, 0.717) is 87.9 Å². The topological polar surface area (TPSA) is 339 Å². The molecule has 0 bridgehead atoms. The van der Waals surface area contributed by atoms with Gasteiger partial charge >= 0.3 is 0 Å². The summed E-state index contributed by atoms with van der Waals surface area (Å²) in [5.41, 5.74) is 32.7. The Morgan fingerprint density at radius 1 is 0.528 bits per heavy atom. The maximum Gasteiger partial charge on any atom is 0.227 e. The standard InChI is InChI=1S/C26H21N3O3.C25H26N2O.C24H25ClN2O2.C24H24N2O3.C17H15Cl2N3O2/c1-30-18-9-10-21(31-2)19(12-18)23-20(13-27)26(28)32-22-14-29-25(24(22)23)17-8-7-15-5-3-4-6-16(15)11-17;1-3-18-10-14-19(15-11-18)22-16-23(21-6-4-5-7-24(21)28)27-25(26-22)20-12-8-17(2)9-13-20;1-2-3-15-22(29)27-20-13-7-6-11-18(20)26-19-12-8-14-21(28)23(19)24(27)16-9-4-5-10-17(16)25;1-28-17-13-11-16(12-14-17)20-15-21(18-7-3-5-9-22(18)27)26-24(25-20)19-8-4-6-10-23(19)29-2;1-2-3-12-15-13(7-22-12)24-17(21)10(6-20)14(15)9-4-8(18)5-11(19)16(9)23/h3-12,23H,14,28H2,1-2H3;4-15,23,25,27-28H,3,16H2,1-2H3;4-7,9-11,13,24,26H,2-3,8,12,14-15H2,1H3;3-14,21,24,26-27H,15H2,1-2H3;4-5,14,23H,2-3,7,21H2,1H3. The van der Waals surface area contributed by atoms with Crippen LogP contribution in [0, 0.1) is 29.6 Å². The molecule has 1 amide bonds. The highest BCUT2D eigenvalue weighted by Crippen LogP contribution is 2.52. The molecule has 142 heavy (non-hydrogen) atoms. The van der Waals surface area contributed by atoms with E-state index in [2.05, 4.69) is 127 Å². The molecule has 10 N–H and O–H groups in total. The summed E-state index contributed by atoms with van der Waals surface area (Å²) in [6, 6.07) is 90.0. The zero-order valence-corrected chi connectivity index (χ0v) is 82.4. The molecule has 0 radical (unpaired) electrons. The number of phenols is 3. The number of phenolic OH excluding ortho intramolecular Hbond substituents is 3. The Balaban J connectivity index is 0.000000128. The number of ketones is 1. The van der Waals surface area contributed by atoms with Crippen molar-refractivity contribution in [2.45, 2.75) is 141 Å². The molecule has 7 atom stereocenters. The third kappa shape index (κ3) is 21.9. The highest BCUT2D eigenvalue weighted by molar-refractivity contribution is 6.36. The summed E-state index contributed by atoms with van der Waals surface area (Å²) in [5.74, 6) is 3.75. The molecule has 0 aromatic heterocycles. The van der Waals surface area contributed by atoms with Crippen LogP contribution in [0.1, 0.15) is 194 Å². The van der Waals surface area contributed by atoms with E-state index in [9.17, 15) is 35.4 Å². The highest BCUT2D eigenvalue weighted by atomic mass is 35.5. The van der Waals surface area contributed by atoms with E-state index in [1.54, 1.807) is 51.5 Å². The van der Waals surface area contributed by atoms with Crippen LogP contribution < -0.4 is 51.3 Å². The number of anilines is 2. The van der Waals surface area contributed by atoms with Gasteiger partial charge in [-0.05, 0) is 175 Å². The van der Waals surface area contributed by atoms with Crippen molar-refractivity contribution < 1.29 is 53.3 Å². The van der Waals surface area contributed by atoms with Gasteiger partial charge in [0.15, 0.2) is 5.78 Å². The number of methoxy groups -OCH3 is 4. The SMILES string of the molecule is CCCC1=NCC2=C1C(c1cc(Cl)cc(Cl)c1O)C(C#N)=C(N)O2.CCCCC(=O)N1c2ccccc2NC2=C(C(=O)CCC2)C1c1ccccc1Cl.CCc1ccc(C2=NC(c3ccc(C)cc3)NC(c3ccccc3O)C2)cc1.COc1ccc(C2=NC(c3ccccc3OC)NC(c3ccccc3O)C2)cc1.COc1ccc(OC)c(C2C(C#N)=C(N)OC3=C2C(c2ccc4ccccc4c2)=NC3)c1. The number of nitrogens with two attached hydrogens (primary N) is 2. The molecule has 0 saturated carbocycles. The number of nitriles is 2. The van der Waals surface area contributed by atoms with Gasteiger partial charge in [0, 0.05) is 121 Å². The maximum atomic E-state index is 13.5. The number of carbonyl (C=O) groups is 2. The lowest BCUT2D eigenvalue weighted by Gasteiger charge is -2.34. The number of aliphatic imine (C=N–C) groups is 4. The van der Waals surface area contributed by atoms with Crippen LogP contribution in [0.15, 0.2) is 344 Å². The second-order valence-electron chi connectivity index (χ2n) is 35.2. The fraction of sp³-hybridized carbons (Fsp3) is 0.241. The lowest BCUT2D eigenvalue weighted by molar-refractivity contribution is -0.119. The minimum absolute atomic E-state index is 0.00542. The Hall–Kier alpha value is -15.2. The molecule has 26 heteroatoms. The molecular formula is C116H111Cl3N12O11. The van der Waals surface area contributed by atoms with E-state index in [1.807, 2.05) is 177 Å². The summed E-state index contributed by atoms with van der Waals surface area (Å²) in [6.07, 6.45) is 7.90. The van der Waals surface area contributed by atoms with Crippen LogP contribution in [0.2, 0.25) is 15.1 Å². The first kappa shape index (κ1) is 99.8. The molecule has 23 nitrogen and oxygen atoms in total. The molecule has 7 unspecified atom stereocenters. The van der Waals surface area contributed by atoms with Gasteiger partial charge in [-0.25, -0.2) is 0 Å². The summed E-state index contributed by atoms with van der Waals surface area (Å²) < 4.78 is 33.4. The number of allylic oxidation sites excluding steroid dienone is 5. The number of aryl methyl sites for hydroxylation is 2. The van der Waals surface area contributed by atoms with E-state index >= 15 is 0 Å². The van der Waals surface area contributed by atoms with E-state index in [-0.39, 0.29) is 70.0 Å². The number of Topliss-reactive ketones (excluding diaryl/α,β-unsaturated/α-hetero) is 1. The van der Waals surface area contributed by atoms with Crippen molar-refractivity contribution in [2.24, 2.45) is 31.4 Å². The summed E-state index contributed by atoms with van der Waals surface area (Å²) in [7, 11) is 6.53. The van der Waals surface area contributed by atoms with Crippen LogP contribution in [0.25, 0.3) is 10.8 Å². The van der Waals surface area contributed by atoms with Crippen molar-refractivity contribution in [1.82, 2.24) is 10.6 Å². The van der Waals surface area contributed by atoms with Crippen molar-refractivity contribution >= 4 is 91.5 Å². The molecule has 722 valence electrons. The number of hydrogen-bond acceptors (Lipinski definition) is 22. The van der Waals surface area contributed by atoms with Crippen LogP contribution in [0.4, 0.5) is 11.4 Å². The molecule has 7 heterocycles. The summed E-state index contributed by atoms with van der Waals surface area (Å²) in [5, 5.41) is 64.8. The van der Waals surface area contributed by atoms with Crippen LogP contribution in [-0.2, 0) is 25.5 Å². The van der Waals surface area contributed by atoms with E-state index in [4.69, 9.17) is 89.7 Å². The van der Waals surface area contributed by atoms with Gasteiger partial charge in [0.05, 0.1) is 81.5 Å². The number of carbonyl (C=O) groups excluding carboxylic acids is 2. The van der Waals surface area contributed by atoms with Gasteiger partial charge in [-0.1, -0.05) is 244 Å². The average Bonchev–Trinajstić information content (AvgIpc) is 1.57. The number of rotatable bonds is 20. The van der Waals surface area contributed by atoms with Crippen LogP contribution in [0.5, 0.6) is 40.2 Å². The largest absolute Gasteiger partial charge is 0.508 e. The molecule has 12 aromatic rings.